The number of carbonyl (C=O) groups is 1. The maximum absolute atomic E-state index is 12.3. The Kier molecular flexibility index (Phi) is 4.05. The second-order valence-electron chi connectivity index (χ2n) is 5.11. The number of likely N-dealkylation sites (tertiary alicyclic amines) is 1. The molecule has 9 nitrogen and oxygen atoms in total. The van der Waals surface area contributed by atoms with Crippen LogP contribution in [-0.4, -0.2) is 49.9 Å². The maximum atomic E-state index is 12.3. The van der Waals surface area contributed by atoms with Gasteiger partial charge in [-0.25, -0.2) is 14.8 Å². The highest BCUT2D eigenvalue weighted by atomic mass is 16.5. The molecular formula is C14H14N6O3. The van der Waals surface area contributed by atoms with E-state index in [2.05, 4.69) is 19.9 Å². The summed E-state index contributed by atoms with van der Waals surface area (Å²) in [6, 6.07) is 1.92. The summed E-state index contributed by atoms with van der Waals surface area (Å²) < 4.78 is 5.73. The van der Waals surface area contributed by atoms with Crippen LogP contribution >= 0.6 is 0 Å². The average Bonchev–Trinajstić information content (AvgIpc) is 3.01. The summed E-state index contributed by atoms with van der Waals surface area (Å²) in [4.78, 5) is 37.8. The number of amides is 1. The monoisotopic (exact) mass is 314 g/mol. The van der Waals surface area contributed by atoms with Crippen LogP contribution in [0.15, 0.2) is 23.4 Å². The SMILES string of the molecule is N#Cc1nccnc1O[C@H]1CCCN(C(=O)c2c[nH]c(=O)[nH]2)C1. The van der Waals surface area contributed by atoms with E-state index in [-0.39, 0.29) is 29.3 Å². The molecule has 0 aromatic carbocycles. The average molecular weight is 314 g/mol. The van der Waals surface area contributed by atoms with Gasteiger partial charge in [0.05, 0.1) is 6.54 Å². The molecule has 0 aliphatic carbocycles. The fraction of sp³-hybridized carbons (Fsp3) is 0.357. The molecule has 1 saturated heterocycles. The lowest BCUT2D eigenvalue weighted by Gasteiger charge is -2.32. The van der Waals surface area contributed by atoms with E-state index in [0.717, 1.165) is 12.8 Å². The largest absolute Gasteiger partial charge is 0.470 e. The Morgan fingerprint density at radius 2 is 2.26 bits per heavy atom. The maximum Gasteiger partial charge on any atom is 0.323 e. The second kappa shape index (κ2) is 6.31. The Bertz CT molecular complexity index is 805. The molecule has 2 N–H and O–H groups in total. The van der Waals surface area contributed by atoms with Crippen LogP contribution in [0.4, 0.5) is 0 Å². The molecule has 23 heavy (non-hydrogen) atoms. The zero-order valence-electron chi connectivity index (χ0n) is 12.2. The number of aromatic amines is 2. The minimum Gasteiger partial charge on any atom is -0.470 e. The van der Waals surface area contributed by atoms with Crippen molar-refractivity contribution in [3.05, 3.63) is 40.5 Å². The fourth-order valence-electron chi connectivity index (χ4n) is 2.48. The summed E-state index contributed by atoms with van der Waals surface area (Å²) in [6.45, 7) is 0.935. The second-order valence-corrected chi connectivity index (χ2v) is 5.11. The summed E-state index contributed by atoms with van der Waals surface area (Å²) in [6.07, 6.45) is 5.45. The highest BCUT2D eigenvalue weighted by Gasteiger charge is 2.27. The van der Waals surface area contributed by atoms with Crippen LogP contribution in [-0.2, 0) is 0 Å². The molecule has 0 saturated carbocycles. The van der Waals surface area contributed by atoms with Crippen LogP contribution < -0.4 is 10.4 Å². The molecule has 2 aromatic rings. The topological polar surface area (TPSA) is 128 Å². The van der Waals surface area contributed by atoms with Crippen LogP contribution in [0.2, 0.25) is 0 Å². The van der Waals surface area contributed by atoms with Gasteiger partial charge in [-0.1, -0.05) is 0 Å². The molecule has 0 spiro atoms. The minimum absolute atomic E-state index is 0.117. The summed E-state index contributed by atoms with van der Waals surface area (Å²) >= 11 is 0. The zero-order valence-corrected chi connectivity index (χ0v) is 12.2. The third-order valence-corrected chi connectivity index (χ3v) is 3.54. The van der Waals surface area contributed by atoms with E-state index < -0.39 is 5.69 Å². The lowest BCUT2D eigenvalue weighted by Crippen LogP contribution is -2.44. The molecule has 1 fully saturated rings. The van der Waals surface area contributed by atoms with Gasteiger partial charge in [0.15, 0.2) is 0 Å². The van der Waals surface area contributed by atoms with E-state index in [9.17, 15) is 9.59 Å². The van der Waals surface area contributed by atoms with Crippen molar-refractivity contribution in [3.8, 4) is 11.9 Å². The summed E-state index contributed by atoms with van der Waals surface area (Å²) in [5.74, 6) is -0.0966. The highest BCUT2D eigenvalue weighted by molar-refractivity contribution is 5.92. The number of nitrogens with one attached hydrogen (secondary N) is 2. The molecule has 118 valence electrons. The third-order valence-electron chi connectivity index (χ3n) is 3.54. The minimum atomic E-state index is -0.420. The van der Waals surface area contributed by atoms with Crippen molar-refractivity contribution >= 4 is 5.91 Å². The van der Waals surface area contributed by atoms with Crippen LogP contribution in [0, 0.1) is 11.3 Å². The lowest BCUT2D eigenvalue weighted by molar-refractivity contribution is 0.0521. The Hall–Kier alpha value is -3.15. The predicted octanol–water partition coefficient (Wildman–Crippen LogP) is 0.0483. The van der Waals surface area contributed by atoms with Crippen LogP contribution in [0.1, 0.15) is 29.0 Å². The molecule has 3 heterocycles. The van der Waals surface area contributed by atoms with Crippen molar-refractivity contribution in [1.29, 1.82) is 5.26 Å². The number of hydrogen-bond acceptors (Lipinski definition) is 6. The summed E-state index contributed by atoms with van der Waals surface area (Å²) in [5, 5.41) is 9.00. The van der Waals surface area contributed by atoms with Crippen LogP contribution in [0.3, 0.4) is 0 Å². The number of nitrogens with zero attached hydrogens (tertiary/aromatic N) is 4. The Morgan fingerprint density at radius 1 is 1.43 bits per heavy atom. The van der Waals surface area contributed by atoms with E-state index in [1.807, 2.05) is 6.07 Å². The van der Waals surface area contributed by atoms with E-state index >= 15 is 0 Å². The van der Waals surface area contributed by atoms with Crippen LogP contribution in [0.5, 0.6) is 5.88 Å². The van der Waals surface area contributed by atoms with Crippen molar-refractivity contribution in [1.82, 2.24) is 24.8 Å². The molecule has 1 aliphatic heterocycles. The van der Waals surface area contributed by atoms with Gasteiger partial charge in [0.25, 0.3) is 11.8 Å². The molecule has 0 bridgehead atoms. The first-order chi connectivity index (χ1) is 11.2. The molecule has 9 heteroatoms. The number of H-pyrrole nitrogens is 2. The predicted molar refractivity (Wildman–Crippen MR) is 77.7 cm³/mol. The normalized spacial score (nSPS) is 17.5. The number of hydrogen-bond donors (Lipinski definition) is 2. The highest BCUT2D eigenvalue weighted by Crippen LogP contribution is 2.19. The smallest absolute Gasteiger partial charge is 0.323 e. The van der Waals surface area contributed by atoms with Gasteiger partial charge in [0.1, 0.15) is 17.9 Å². The van der Waals surface area contributed by atoms with Crippen molar-refractivity contribution in [2.75, 3.05) is 13.1 Å². The van der Waals surface area contributed by atoms with E-state index in [1.54, 1.807) is 4.90 Å². The third kappa shape index (κ3) is 3.21. The Morgan fingerprint density at radius 3 is 3.00 bits per heavy atom. The number of rotatable bonds is 3. The molecule has 0 unspecified atom stereocenters. The van der Waals surface area contributed by atoms with E-state index in [1.165, 1.54) is 18.6 Å². The van der Waals surface area contributed by atoms with Gasteiger partial charge in [-0.05, 0) is 12.8 Å². The van der Waals surface area contributed by atoms with Gasteiger partial charge in [0.2, 0.25) is 5.69 Å². The fourth-order valence-corrected chi connectivity index (χ4v) is 2.48. The van der Waals surface area contributed by atoms with E-state index in [0.29, 0.717) is 13.1 Å². The summed E-state index contributed by atoms with van der Waals surface area (Å²) in [5.41, 5.74) is -0.0878. The van der Waals surface area contributed by atoms with Crippen LogP contribution in [0.25, 0.3) is 0 Å². The van der Waals surface area contributed by atoms with Gasteiger partial charge in [-0.15, -0.1) is 0 Å². The summed E-state index contributed by atoms with van der Waals surface area (Å²) in [7, 11) is 0. The quantitative estimate of drug-likeness (QED) is 0.823. The number of imidazole rings is 1. The van der Waals surface area contributed by atoms with Gasteiger partial charge >= 0.3 is 5.69 Å². The molecular weight excluding hydrogens is 300 g/mol. The number of aromatic nitrogens is 4. The van der Waals surface area contributed by atoms with Crippen molar-refractivity contribution in [3.63, 3.8) is 0 Å². The van der Waals surface area contributed by atoms with Gasteiger partial charge in [-0.2, -0.15) is 5.26 Å². The molecule has 1 atom stereocenters. The van der Waals surface area contributed by atoms with E-state index in [4.69, 9.17) is 10.00 Å². The molecule has 1 amide bonds. The first-order valence-electron chi connectivity index (χ1n) is 7.12. The van der Waals surface area contributed by atoms with Gasteiger partial charge in [0, 0.05) is 25.1 Å². The molecule has 0 radical (unpaired) electrons. The standard InChI is InChI=1S/C14H14N6O3/c15-6-10-12(17-4-3-16-10)23-9-2-1-5-20(8-9)13(21)11-7-18-14(22)19-11/h3-4,7,9H,1-2,5,8H2,(H2,18,19,22)/t9-/m0/s1. The van der Waals surface area contributed by atoms with Gasteiger partial charge < -0.3 is 19.6 Å². The molecule has 1 aliphatic rings. The number of nitriles is 1. The van der Waals surface area contributed by atoms with Crippen molar-refractivity contribution < 1.29 is 9.53 Å². The first kappa shape index (κ1) is 14.8. The number of ether oxygens (including phenoxy) is 1. The zero-order chi connectivity index (χ0) is 16.2. The number of piperidine rings is 1. The first-order valence-corrected chi connectivity index (χ1v) is 7.12. The molecule has 2 aromatic heterocycles. The van der Waals surface area contributed by atoms with Crippen molar-refractivity contribution in [2.24, 2.45) is 0 Å². The van der Waals surface area contributed by atoms with Gasteiger partial charge in [-0.3, -0.25) is 4.79 Å². The lowest BCUT2D eigenvalue weighted by atomic mass is 10.1. The Labute approximate surface area is 130 Å². The number of carbonyl (C=O) groups excluding carboxylic acids is 1. The van der Waals surface area contributed by atoms with Crippen molar-refractivity contribution in [2.45, 2.75) is 18.9 Å². The Balaban J connectivity index is 1.70. The molecule has 3 rings (SSSR count).